The number of thiophene rings is 1. The molecular weight excluding hydrogens is 292 g/mol. The van der Waals surface area contributed by atoms with Crippen molar-refractivity contribution in [1.82, 2.24) is 0 Å². The first-order valence-electron chi connectivity index (χ1n) is 2.93. The zero-order chi connectivity index (χ0) is 7.56. The van der Waals surface area contributed by atoms with Gasteiger partial charge in [-0.05, 0) is 18.4 Å². The van der Waals surface area contributed by atoms with E-state index in [1.165, 1.54) is 11.3 Å². The lowest BCUT2D eigenvalue weighted by Gasteiger charge is -1.96. The fraction of sp³-hybridized carbons (Fsp3) is 0.286. The molecule has 0 aliphatic rings. The lowest BCUT2D eigenvalue weighted by atomic mass is 10.3. The van der Waals surface area contributed by atoms with Gasteiger partial charge >= 0.3 is 0 Å². The summed E-state index contributed by atoms with van der Waals surface area (Å²) >= 11 is 4.70. The number of ketones is 1. The fourth-order valence-corrected chi connectivity index (χ4v) is 1.77. The molecule has 0 amide bonds. The molecule has 1 rings (SSSR count). The van der Waals surface area contributed by atoms with E-state index in [4.69, 9.17) is 0 Å². The Labute approximate surface area is 88.7 Å². The second kappa shape index (κ2) is 5.06. The molecule has 1 aromatic heterocycles. The van der Waals surface area contributed by atoms with E-state index < -0.39 is 0 Å². The Bertz CT molecular complexity index is 218. The van der Waals surface area contributed by atoms with E-state index in [0.717, 1.165) is 4.88 Å². The molecule has 62 valence electrons. The van der Waals surface area contributed by atoms with Crippen molar-refractivity contribution < 1.29 is 4.79 Å². The second-order valence-electron chi connectivity index (χ2n) is 1.96. The molecule has 0 bridgehead atoms. The third kappa shape index (κ3) is 3.05. The van der Waals surface area contributed by atoms with Crippen molar-refractivity contribution >= 4 is 50.0 Å². The van der Waals surface area contributed by atoms with Crippen molar-refractivity contribution in [2.75, 3.05) is 0 Å². The molecule has 4 heteroatoms. The van der Waals surface area contributed by atoms with Crippen LogP contribution in [0.3, 0.4) is 0 Å². The third-order valence-electron chi connectivity index (χ3n) is 1.13. The molecule has 0 aliphatic carbocycles. The number of hydrogen-bond donors (Lipinski definition) is 0. The maximum absolute atomic E-state index is 11.2. The zero-order valence-electron chi connectivity index (χ0n) is 5.91. The lowest BCUT2D eigenvalue weighted by Crippen LogP contribution is -2.07. The number of carbonyl (C=O) groups is 1. The van der Waals surface area contributed by atoms with Gasteiger partial charge in [-0.15, -0.1) is 28.3 Å². The molecule has 0 fully saturated rings. The van der Waals surface area contributed by atoms with Gasteiger partial charge in [0.1, 0.15) is 0 Å². The molecule has 1 nitrogen and oxygen atoms in total. The number of alkyl halides is 1. The maximum Gasteiger partial charge on any atom is 0.186 e. The summed E-state index contributed by atoms with van der Waals surface area (Å²) in [5.41, 5.74) is 0. The molecule has 1 aromatic rings. The van der Waals surface area contributed by atoms with Crippen LogP contribution >= 0.6 is 44.2 Å². The van der Waals surface area contributed by atoms with E-state index >= 15 is 0 Å². The summed E-state index contributed by atoms with van der Waals surface area (Å²) in [4.78, 5) is 11.9. The Morgan fingerprint density at radius 1 is 1.73 bits per heavy atom. The highest BCUT2D eigenvalue weighted by molar-refractivity contribution is 9.10. The predicted octanol–water partition coefficient (Wildman–Crippen LogP) is 3.29. The van der Waals surface area contributed by atoms with Crippen LogP contribution in [0.5, 0.6) is 0 Å². The minimum absolute atomic E-state index is 0. The highest BCUT2D eigenvalue weighted by Gasteiger charge is 2.11. The van der Waals surface area contributed by atoms with E-state index in [9.17, 15) is 4.79 Å². The van der Waals surface area contributed by atoms with Gasteiger partial charge in [0.25, 0.3) is 0 Å². The summed E-state index contributed by atoms with van der Waals surface area (Å²) in [7, 11) is 0. The van der Waals surface area contributed by atoms with Crippen LogP contribution in [0.25, 0.3) is 0 Å². The molecule has 0 radical (unpaired) electrons. The Hall–Kier alpha value is 0.330. The molecule has 0 saturated carbocycles. The zero-order valence-corrected chi connectivity index (χ0v) is 10.0. The van der Waals surface area contributed by atoms with E-state index in [2.05, 4.69) is 15.9 Å². The van der Waals surface area contributed by atoms with Gasteiger partial charge in [0, 0.05) is 0 Å². The predicted molar refractivity (Wildman–Crippen MR) is 57.4 cm³/mol. The fourth-order valence-electron chi connectivity index (χ4n) is 0.615. The van der Waals surface area contributed by atoms with Gasteiger partial charge in [0.2, 0.25) is 0 Å². The Morgan fingerprint density at radius 3 is 2.73 bits per heavy atom. The van der Waals surface area contributed by atoms with Gasteiger partial charge in [-0.2, -0.15) is 0 Å². The average Bonchev–Trinajstić information content (AvgIpc) is 2.36. The quantitative estimate of drug-likeness (QED) is 0.605. The third-order valence-corrected chi connectivity index (χ3v) is 2.43. The molecule has 0 aromatic carbocycles. The van der Waals surface area contributed by atoms with Crippen LogP contribution in [0.2, 0.25) is 0 Å². The summed E-state index contributed by atoms with van der Waals surface area (Å²) < 4.78 is 0. The monoisotopic (exact) mass is 298 g/mol. The van der Waals surface area contributed by atoms with Gasteiger partial charge in [0.05, 0.1) is 9.70 Å². The van der Waals surface area contributed by atoms with Crippen molar-refractivity contribution in [3.8, 4) is 0 Å². The summed E-state index contributed by atoms with van der Waals surface area (Å²) in [5, 5.41) is 1.91. The topological polar surface area (TPSA) is 17.1 Å². The highest BCUT2D eigenvalue weighted by atomic mass is 79.9. The van der Waals surface area contributed by atoms with Crippen molar-refractivity contribution in [2.24, 2.45) is 0 Å². The number of carbonyl (C=O) groups excluding carboxylic acids is 1. The Balaban J connectivity index is 0.000001000. The number of rotatable bonds is 2. The molecule has 1 heterocycles. The SMILES string of the molecule is Br.CC(Br)C(=O)c1cccs1. The second-order valence-corrected chi connectivity index (χ2v) is 4.28. The van der Waals surface area contributed by atoms with Crippen LogP contribution in [0, 0.1) is 0 Å². The Kier molecular flexibility index (Phi) is 5.21. The van der Waals surface area contributed by atoms with Crippen LogP contribution in [0.1, 0.15) is 16.6 Å². The summed E-state index contributed by atoms with van der Waals surface area (Å²) in [6.45, 7) is 1.84. The normalized spacial score (nSPS) is 11.8. The highest BCUT2D eigenvalue weighted by Crippen LogP contribution is 2.14. The molecule has 0 spiro atoms. The van der Waals surface area contributed by atoms with Crippen LogP contribution < -0.4 is 0 Å². The number of Topliss-reactive ketones (excluding diaryl/α,β-unsaturated/α-hetero) is 1. The van der Waals surface area contributed by atoms with E-state index in [-0.39, 0.29) is 27.6 Å². The van der Waals surface area contributed by atoms with E-state index in [0.29, 0.717) is 0 Å². The molecule has 11 heavy (non-hydrogen) atoms. The van der Waals surface area contributed by atoms with Crippen molar-refractivity contribution in [1.29, 1.82) is 0 Å². The van der Waals surface area contributed by atoms with Gasteiger partial charge in [-0.3, -0.25) is 4.79 Å². The van der Waals surface area contributed by atoms with Crippen molar-refractivity contribution in [3.63, 3.8) is 0 Å². The van der Waals surface area contributed by atoms with Gasteiger partial charge in [-0.25, -0.2) is 0 Å². The number of hydrogen-bond acceptors (Lipinski definition) is 2. The minimum Gasteiger partial charge on any atom is -0.292 e. The minimum atomic E-state index is -0.0637. The smallest absolute Gasteiger partial charge is 0.186 e. The largest absolute Gasteiger partial charge is 0.292 e. The van der Waals surface area contributed by atoms with E-state index in [1.807, 2.05) is 24.4 Å². The van der Waals surface area contributed by atoms with Gasteiger partial charge in [0.15, 0.2) is 5.78 Å². The Morgan fingerprint density at radius 2 is 2.36 bits per heavy atom. The molecule has 1 atom stereocenters. The van der Waals surface area contributed by atoms with Crippen LogP contribution in [0.15, 0.2) is 17.5 Å². The van der Waals surface area contributed by atoms with Crippen LogP contribution in [0.4, 0.5) is 0 Å². The molecule has 0 saturated heterocycles. The number of halogens is 2. The maximum atomic E-state index is 11.2. The summed E-state index contributed by atoms with van der Waals surface area (Å²) in [5.74, 6) is 0.162. The van der Waals surface area contributed by atoms with Crippen LogP contribution in [-0.2, 0) is 0 Å². The van der Waals surface area contributed by atoms with Gasteiger partial charge in [-0.1, -0.05) is 22.0 Å². The summed E-state index contributed by atoms with van der Waals surface area (Å²) in [6, 6.07) is 3.72. The molecule has 0 N–H and O–H groups in total. The first-order chi connectivity index (χ1) is 4.72. The van der Waals surface area contributed by atoms with Crippen molar-refractivity contribution in [3.05, 3.63) is 22.4 Å². The molecule has 0 aliphatic heterocycles. The van der Waals surface area contributed by atoms with Crippen LogP contribution in [-0.4, -0.2) is 10.6 Å². The van der Waals surface area contributed by atoms with E-state index in [1.54, 1.807) is 0 Å². The van der Waals surface area contributed by atoms with Crippen molar-refractivity contribution in [2.45, 2.75) is 11.8 Å². The first-order valence-corrected chi connectivity index (χ1v) is 4.73. The molecular formula is C7H8Br2OS. The molecule has 1 unspecified atom stereocenters. The summed E-state index contributed by atoms with van der Waals surface area (Å²) in [6.07, 6.45) is 0. The standard InChI is InChI=1S/C7H7BrOS.BrH/c1-5(8)7(9)6-3-2-4-10-6;/h2-5H,1H3;1H. The lowest BCUT2D eigenvalue weighted by molar-refractivity contribution is 0.0999. The first kappa shape index (κ1) is 11.3. The van der Waals surface area contributed by atoms with Gasteiger partial charge < -0.3 is 0 Å². The average molecular weight is 300 g/mol.